The average molecular weight is 271 g/mol. The molecule has 1 aromatic carbocycles. The molecule has 0 saturated carbocycles. The van der Waals surface area contributed by atoms with E-state index in [2.05, 4.69) is 20.3 Å². The highest BCUT2D eigenvalue weighted by Gasteiger charge is 2.04. The molecule has 0 bridgehead atoms. The smallest absolute Gasteiger partial charge is 0.148 e. The Morgan fingerprint density at radius 3 is 2.89 bits per heavy atom. The van der Waals surface area contributed by atoms with Crippen LogP contribution in [0, 0.1) is 0 Å². The standard InChI is InChI=1S/C14H11ClN4/c15-12-8-16-9-19-14(12)18-7-11-4-1-3-10-5-2-6-17-13(10)11/h1-6,8-9H,7H2,(H,16,18,19). The second kappa shape index (κ2) is 5.20. The predicted octanol–water partition coefficient (Wildman–Crippen LogP) is 3.29. The number of hydrogen-bond donors (Lipinski definition) is 1. The van der Waals surface area contributed by atoms with Gasteiger partial charge in [0.25, 0.3) is 0 Å². The Kier molecular flexibility index (Phi) is 3.25. The van der Waals surface area contributed by atoms with E-state index in [0.29, 0.717) is 17.4 Å². The van der Waals surface area contributed by atoms with E-state index < -0.39 is 0 Å². The lowest BCUT2D eigenvalue weighted by molar-refractivity contribution is 1.08. The number of benzene rings is 1. The van der Waals surface area contributed by atoms with E-state index >= 15 is 0 Å². The third-order valence-electron chi connectivity index (χ3n) is 2.83. The summed E-state index contributed by atoms with van der Waals surface area (Å²) in [6.45, 7) is 0.616. The molecule has 4 nitrogen and oxygen atoms in total. The Bertz CT molecular complexity index is 709. The van der Waals surface area contributed by atoms with E-state index in [1.165, 1.54) is 6.33 Å². The maximum Gasteiger partial charge on any atom is 0.148 e. The number of fused-ring (bicyclic) bond motifs is 1. The lowest BCUT2D eigenvalue weighted by Gasteiger charge is -2.08. The maximum atomic E-state index is 6.01. The third kappa shape index (κ3) is 2.48. The molecule has 1 N–H and O–H groups in total. The highest BCUT2D eigenvalue weighted by molar-refractivity contribution is 6.32. The molecule has 0 fully saturated rings. The average Bonchev–Trinajstić information content (AvgIpc) is 2.46. The van der Waals surface area contributed by atoms with Crippen molar-refractivity contribution in [2.75, 3.05) is 5.32 Å². The Morgan fingerprint density at radius 1 is 1.11 bits per heavy atom. The summed E-state index contributed by atoms with van der Waals surface area (Å²) >= 11 is 6.01. The molecule has 5 heteroatoms. The fourth-order valence-electron chi connectivity index (χ4n) is 1.93. The lowest BCUT2D eigenvalue weighted by Crippen LogP contribution is -2.03. The first-order valence-electron chi connectivity index (χ1n) is 5.86. The Morgan fingerprint density at radius 2 is 2.00 bits per heavy atom. The first kappa shape index (κ1) is 11.9. The minimum atomic E-state index is 0.510. The van der Waals surface area contributed by atoms with E-state index in [1.54, 1.807) is 12.4 Å². The summed E-state index contributed by atoms with van der Waals surface area (Å²) in [7, 11) is 0. The van der Waals surface area contributed by atoms with Gasteiger partial charge in [-0.05, 0) is 11.6 Å². The zero-order chi connectivity index (χ0) is 13.1. The van der Waals surface area contributed by atoms with Crippen LogP contribution in [-0.2, 0) is 6.54 Å². The summed E-state index contributed by atoms with van der Waals surface area (Å²) in [5.74, 6) is 0.629. The van der Waals surface area contributed by atoms with Crippen molar-refractivity contribution in [2.24, 2.45) is 0 Å². The molecule has 3 aromatic rings. The second-order valence-electron chi connectivity index (χ2n) is 4.07. The second-order valence-corrected chi connectivity index (χ2v) is 4.47. The van der Waals surface area contributed by atoms with Gasteiger partial charge in [0.1, 0.15) is 17.2 Å². The van der Waals surface area contributed by atoms with Crippen LogP contribution in [0.1, 0.15) is 5.56 Å². The number of nitrogens with one attached hydrogen (secondary N) is 1. The topological polar surface area (TPSA) is 50.7 Å². The number of aromatic nitrogens is 3. The van der Waals surface area contributed by atoms with Crippen LogP contribution < -0.4 is 5.32 Å². The van der Waals surface area contributed by atoms with Gasteiger partial charge in [-0.2, -0.15) is 0 Å². The molecule has 0 aliphatic rings. The summed E-state index contributed by atoms with van der Waals surface area (Å²) in [5, 5.41) is 4.83. The molecule has 0 spiro atoms. The minimum absolute atomic E-state index is 0.510. The van der Waals surface area contributed by atoms with Crippen LogP contribution in [0.2, 0.25) is 5.02 Å². The van der Waals surface area contributed by atoms with Crippen LogP contribution in [-0.4, -0.2) is 15.0 Å². The minimum Gasteiger partial charge on any atom is -0.365 e. The molecule has 19 heavy (non-hydrogen) atoms. The van der Waals surface area contributed by atoms with Gasteiger partial charge in [0.15, 0.2) is 0 Å². The fourth-order valence-corrected chi connectivity index (χ4v) is 2.10. The number of hydrogen-bond acceptors (Lipinski definition) is 4. The van der Waals surface area contributed by atoms with Gasteiger partial charge < -0.3 is 5.32 Å². The predicted molar refractivity (Wildman–Crippen MR) is 76.1 cm³/mol. The molecule has 0 saturated heterocycles. The van der Waals surface area contributed by atoms with Gasteiger partial charge in [0.2, 0.25) is 0 Å². The molecular formula is C14H11ClN4. The van der Waals surface area contributed by atoms with Gasteiger partial charge in [-0.3, -0.25) is 4.98 Å². The van der Waals surface area contributed by atoms with Crippen molar-refractivity contribution in [3.63, 3.8) is 0 Å². The molecule has 2 heterocycles. The molecule has 0 atom stereocenters. The van der Waals surface area contributed by atoms with Gasteiger partial charge in [-0.25, -0.2) is 9.97 Å². The Labute approximate surface area is 115 Å². The maximum absolute atomic E-state index is 6.01. The summed E-state index contributed by atoms with van der Waals surface area (Å²) < 4.78 is 0. The largest absolute Gasteiger partial charge is 0.365 e. The van der Waals surface area contributed by atoms with Crippen LogP contribution in [0.4, 0.5) is 5.82 Å². The van der Waals surface area contributed by atoms with Crippen molar-refractivity contribution >= 4 is 28.3 Å². The summed E-state index contributed by atoms with van der Waals surface area (Å²) in [6.07, 6.45) is 4.83. The van der Waals surface area contributed by atoms with Gasteiger partial charge in [-0.1, -0.05) is 35.9 Å². The molecule has 2 aromatic heterocycles. The van der Waals surface area contributed by atoms with E-state index in [0.717, 1.165) is 16.5 Å². The van der Waals surface area contributed by atoms with Crippen molar-refractivity contribution in [2.45, 2.75) is 6.54 Å². The van der Waals surface area contributed by atoms with Crippen molar-refractivity contribution < 1.29 is 0 Å². The van der Waals surface area contributed by atoms with Crippen molar-refractivity contribution in [3.05, 3.63) is 59.6 Å². The van der Waals surface area contributed by atoms with E-state index in [-0.39, 0.29) is 0 Å². The molecular weight excluding hydrogens is 260 g/mol. The van der Waals surface area contributed by atoms with Gasteiger partial charge >= 0.3 is 0 Å². The lowest BCUT2D eigenvalue weighted by atomic mass is 10.1. The third-order valence-corrected chi connectivity index (χ3v) is 3.11. The summed E-state index contributed by atoms with van der Waals surface area (Å²) in [4.78, 5) is 12.4. The number of rotatable bonds is 3. The number of pyridine rings is 1. The van der Waals surface area contributed by atoms with Crippen molar-refractivity contribution in [1.29, 1.82) is 0 Å². The monoisotopic (exact) mass is 270 g/mol. The highest BCUT2D eigenvalue weighted by Crippen LogP contribution is 2.20. The van der Waals surface area contributed by atoms with Crippen LogP contribution in [0.15, 0.2) is 49.1 Å². The fraction of sp³-hybridized carbons (Fsp3) is 0.0714. The van der Waals surface area contributed by atoms with Crippen LogP contribution >= 0.6 is 11.6 Å². The number of anilines is 1. The van der Waals surface area contributed by atoms with Crippen LogP contribution in [0.3, 0.4) is 0 Å². The quantitative estimate of drug-likeness (QED) is 0.793. The van der Waals surface area contributed by atoms with Gasteiger partial charge in [0, 0.05) is 18.1 Å². The van der Waals surface area contributed by atoms with Crippen molar-refractivity contribution in [1.82, 2.24) is 15.0 Å². The Balaban J connectivity index is 1.88. The zero-order valence-corrected chi connectivity index (χ0v) is 10.8. The van der Waals surface area contributed by atoms with Crippen LogP contribution in [0.5, 0.6) is 0 Å². The molecule has 0 radical (unpaired) electrons. The van der Waals surface area contributed by atoms with Crippen LogP contribution in [0.25, 0.3) is 10.9 Å². The number of halogens is 1. The van der Waals surface area contributed by atoms with E-state index in [9.17, 15) is 0 Å². The summed E-state index contributed by atoms with van der Waals surface area (Å²) in [5.41, 5.74) is 2.09. The molecule has 0 aliphatic carbocycles. The first-order chi connectivity index (χ1) is 9.34. The zero-order valence-electron chi connectivity index (χ0n) is 10.0. The molecule has 94 valence electrons. The van der Waals surface area contributed by atoms with Gasteiger partial charge in [-0.15, -0.1) is 0 Å². The van der Waals surface area contributed by atoms with Gasteiger partial charge in [0.05, 0.1) is 11.7 Å². The molecule has 3 rings (SSSR count). The first-order valence-corrected chi connectivity index (χ1v) is 6.24. The number of nitrogens with zero attached hydrogens (tertiary/aromatic N) is 3. The molecule has 0 amide bonds. The van der Waals surface area contributed by atoms with E-state index in [1.807, 2.05) is 30.3 Å². The Hall–Kier alpha value is -2.20. The molecule has 0 aliphatic heterocycles. The summed E-state index contributed by atoms with van der Waals surface area (Å²) in [6, 6.07) is 10.1. The van der Waals surface area contributed by atoms with Crippen molar-refractivity contribution in [3.8, 4) is 0 Å². The highest BCUT2D eigenvalue weighted by atomic mass is 35.5. The molecule has 0 unspecified atom stereocenters. The SMILES string of the molecule is Clc1cncnc1NCc1cccc2cccnc12. The normalized spacial score (nSPS) is 10.6. The number of para-hydroxylation sites is 1. The van der Waals surface area contributed by atoms with E-state index in [4.69, 9.17) is 11.6 Å².